The van der Waals surface area contributed by atoms with E-state index in [2.05, 4.69) is 42.5 Å². The summed E-state index contributed by atoms with van der Waals surface area (Å²) in [4.78, 5) is 110. The summed E-state index contributed by atoms with van der Waals surface area (Å²) in [6, 6.07) is 6.93. The average molecular weight is 1510 g/mol. The van der Waals surface area contributed by atoms with Gasteiger partial charge in [0.05, 0.1) is 15.6 Å². The van der Waals surface area contributed by atoms with Gasteiger partial charge in [-0.1, -0.05) is 53.5 Å². The van der Waals surface area contributed by atoms with Crippen molar-refractivity contribution in [2.75, 3.05) is 0 Å². The molecule has 8 aliphatic carbocycles. The summed E-state index contributed by atoms with van der Waals surface area (Å²) in [5.74, 6) is -11.2. The van der Waals surface area contributed by atoms with Gasteiger partial charge in [0.25, 0.3) is 0 Å². The third kappa shape index (κ3) is 12.6. The fraction of sp³-hybridized carbons (Fsp3) is 0.380. The minimum absolute atomic E-state index is 0.00364. The molecule has 9 atom stereocenters. The maximum atomic E-state index is 16.5. The molecule has 7 amide bonds. The lowest BCUT2D eigenvalue weighted by atomic mass is 9.54. The molecule has 7 aromatic carbocycles. The lowest BCUT2D eigenvalue weighted by Crippen LogP contribution is -2.58. The second-order valence-corrected chi connectivity index (χ2v) is 31.7. The number of aliphatic hydroxyl groups excluding tert-OH is 2. The van der Waals surface area contributed by atoms with Crippen LogP contribution < -0.4 is 62.5 Å². The van der Waals surface area contributed by atoms with Crippen LogP contribution in [0, 0.1) is 47.3 Å². The predicted octanol–water partition coefficient (Wildman–Crippen LogP) is 8.25. The van der Waals surface area contributed by atoms with Crippen LogP contribution in [0.3, 0.4) is 0 Å². The van der Waals surface area contributed by atoms with Gasteiger partial charge in [-0.2, -0.15) is 0 Å². The van der Waals surface area contributed by atoms with Crippen molar-refractivity contribution in [1.82, 2.24) is 42.5 Å². The summed E-state index contributed by atoms with van der Waals surface area (Å²) in [7, 11) is 0. The number of aliphatic hydroxyl groups is 2. The van der Waals surface area contributed by atoms with E-state index < -0.39 is 147 Å². The summed E-state index contributed by atoms with van der Waals surface area (Å²) < 4.78 is 18.8. The van der Waals surface area contributed by atoms with E-state index in [1.807, 2.05) is 0 Å². The number of hydrogen-bond acceptors (Lipinski definition) is 20. The molecule has 0 aromatic heterocycles. The van der Waals surface area contributed by atoms with Gasteiger partial charge in [0.15, 0.2) is 23.0 Å². The molecule has 7 aromatic rings. The summed E-state index contributed by atoms with van der Waals surface area (Å²) in [6.07, 6.45) is 5.62. The number of fused-ring (bicyclic) bond motifs is 13. The molecule has 9 unspecified atom stereocenters. The van der Waals surface area contributed by atoms with Gasteiger partial charge in [-0.05, 0) is 223 Å². The Morgan fingerprint density at radius 2 is 0.954 bits per heavy atom. The molecule has 560 valence electrons. The molecule has 8 fully saturated rings. The number of amides is 7. The first-order valence-electron chi connectivity index (χ1n) is 36.4. The minimum atomic E-state index is -2.26. The summed E-state index contributed by atoms with van der Waals surface area (Å²) in [5.41, 5.74) is 4.18. The number of carbonyl (C=O) groups is 7. The summed E-state index contributed by atoms with van der Waals surface area (Å²) in [6.45, 7) is -0.142. The molecule has 23 bridgehead atoms. The van der Waals surface area contributed by atoms with Crippen LogP contribution in [0.1, 0.15) is 151 Å². The van der Waals surface area contributed by atoms with E-state index in [0.717, 1.165) is 82.1 Å². The second-order valence-electron chi connectivity index (χ2n) is 30.9. The van der Waals surface area contributed by atoms with Gasteiger partial charge in [-0.15, -0.1) is 0 Å². The Morgan fingerprint density at radius 1 is 0.444 bits per heavy atom. The number of nitrogens with one attached hydrogen (secondary N) is 8. The fourth-order valence-corrected chi connectivity index (χ4v) is 20.0. The summed E-state index contributed by atoms with van der Waals surface area (Å²) >= 11 is 14.0. The zero-order chi connectivity index (χ0) is 75.2. The van der Waals surface area contributed by atoms with Crippen molar-refractivity contribution in [2.24, 2.45) is 53.1 Å². The van der Waals surface area contributed by atoms with Crippen LogP contribution in [-0.2, 0) is 40.1 Å². The normalized spacial score (nSPS) is 30.7. The third-order valence-electron chi connectivity index (χ3n) is 24.2. The smallest absolute Gasteiger partial charge is 0.248 e. The number of benzene rings is 7. The Morgan fingerprint density at radius 3 is 1.54 bits per heavy atom. The molecule has 0 spiro atoms. The maximum absolute atomic E-state index is 16.5. The number of halogens is 2. The molecule has 14 aliphatic rings. The number of ether oxygens (including phenoxy) is 3. The van der Waals surface area contributed by atoms with Crippen molar-refractivity contribution < 1.29 is 88.6 Å². The van der Waals surface area contributed by atoms with Gasteiger partial charge >= 0.3 is 0 Å². The highest BCUT2D eigenvalue weighted by molar-refractivity contribution is 6.32. The molecule has 6 aliphatic heterocycles. The van der Waals surface area contributed by atoms with E-state index in [1.54, 1.807) is 0 Å². The topological polar surface area (TPSA) is 431 Å². The first kappa shape index (κ1) is 70.4. The van der Waals surface area contributed by atoms with Crippen molar-refractivity contribution in [3.63, 3.8) is 0 Å². The lowest BCUT2D eigenvalue weighted by Gasteiger charge is -2.54. The van der Waals surface area contributed by atoms with E-state index in [-0.39, 0.29) is 114 Å². The molecule has 27 nitrogen and oxygen atoms in total. The molecule has 6 heterocycles. The van der Waals surface area contributed by atoms with Crippen LogP contribution >= 0.6 is 23.2 Å². The van der Waals surface area contributed by atoms with Gasteiger partial charge in [0, 0.05) is 35.8 Å². The van der Waals surface area contributed by atoms with Crippen LogP contribution in [0.15, 0.2) is 109 Å². The van der Waals surface area contributed by atoms with Crippen molar-refractivity contribution in [2.45, 2.75) is 137 Å². The highest BCUT2D eigenvalue weighted by atomic mass is 35.5. The fourth-order valence-electron chi connectivity index (χ4n) is 19.5. The summed E-state index contributed by atoms with van der Waals surface area (Å²) in [5, 5.41) is 121. The monoisotopic (exact) mass is 1510 g/mol. The Kier molecular flexibility index (Phi) is 17.8. The zero-order valence-corrected chi connectivity index (χ0v) is 59.1. The molecular formula is C79H77Cl2N9O18. The predicted molar refractivity (Wildman–Crippen MR) is 385 cm³/mol. The van der Waals surface area contributed by atoms with E-state index in [9.17, 15) is 45.6 Å². The Balaban J connectivity index is 0.854. The first-order chi connectivity index (χ1) is 51.8. The highest BCUT2D eigenvalue weighted by Crippen LogP contribution is 2.57. The van der Waals surface area contributed by atoms with E-state index in [1.165, 1.54) is 91.3 Å². The molecule has 21 rings (SSSR count). The van der Waals surface area contributed by atoms with Crippen LogP contribution in [0.5, 0.6) is 69.0 Å². The molecule has 108 heavy (non-hydrogen) atoms. The number of phenolic OH excluding ortho intramolecular Hbond substituents is 6. The molecule has 0 radical (unpaired) electrons. The van der Waals surface area contributed by atoms with Gasteiger partial charge in [0.1, 0.15) is 94.7 Å². The zero-order valence-electron chi connectivity index (χ0n) is 57.6. The number of hydrogen-bond donors (Lipinski definition) is 17. The average Bonchev–Trinajstić information content (AvgIpc) is 1.17. The van der Waals surface area contributed by atoms with Crippen LogP contribution in [0.2, 0.25) is 10.0 Å². The van der Waals surface area contributed by atoms with Crippen LogP contribution in [-0.4, -0.2) is 106 Å². The largest absolute Gasteiger partial charge is 0.508 e. The Bertz CT molecular complexity index is 4910. The molecule has 18 N–H and O–H groups in total. The number of carbonyl (C=O) groups excluding carboxylic acids is 7. The van der Waals surface area contributed by atoms with Crippen molar-refractivity contribution in [3.8, 4) is 80.1 Å². The first-order valence-corrected chi connectivity index (χ1v) is 37.1. The molecule has 29 heteroatoms. The molecular weight excluding hydrogens is 1430 g/mol. The number of nitrogens with two attached hydrogens (primary N) is 1. The maximum Gasteiger partial charge on any atom is 0.248 e. The number of rotatable bonds is 5. The van der Waals surface area contributed by atoms with E-state index in [0.29, 0.717) is 35.5 Å². The standard InChI is InChI=1S/C79H77Cl2N9O18/c80-48-22-35-5-8-53(48)107-56-25-42-26-57(72(56)98)108-54-9-6-36(23-49(54)81)70(96)68-79(105)88-66(77(103)84-62-39-16-32-11-33(18-39)19-40(62)17-32)46-28-52(94)47(29-83-61-37-12-30-10-31(14-37)15-38(61)13-30)71(97)59(46)58-45(2-1-3-51(58)93)65(76(102)90-68)87-75(101)64(42)85-74(100)63-41-20-43(91)27-44(21-41)106-55-24-34(4-7-50(55)92)60(82)73(99)89-67(69(35)95)78(104)86-63/h1-9,20-28,30-33,37-40,60-70,83,91-98H,10-19,29,82H2,(H,84,103)(H,85,100)(H,86,104)(H,87,101)(H,88,105)(H,89,99)(H,90,102). The van der Waals surface area contributed by atoms with E-state index >= 15 is 28.8 Å². The highest BCUT2D eigenvalue weighted by Gasteiger charge is 2.52. The van der Waals surface area contributed by atoms with Crippen LogP contribution in [0.25, 0.3) is 11.1 Å². The van der Waals surface area contributed by atoms with Gasteiger partial charge in [-0.25, -0.2) is 0 Å². The van der Waals surface area contributed by atoms with Crippen molar-refractivity contribution in [1.29, 1.82) is 0 Å². The minimum Gasteiger partial charge on any atom is -0.508 e. The van der Waals surface area contributed by atoms with Gasteiger partial charge in [-0.3, -0.25) is 33.6 Å². The van der Waals surface area contributed by atoms with Crippen molar-refractivity contribution in [3.05, 3.63) is 164 Å². The number of aromatic hydroxyl groups is 6. The molecule has 0 saturated heterocycles. The Labute approximate surface area is 626 Å². The quantitative estimate of drug-likeness (QED) is 0.0771. The van der Waals surface area contributed by atoms with E-state index in [4.69, 9.17) is 43.1 Å². The Hall–Kier alpha value is -10.6. The van der Waals surface area contributed by atoms with Crippen LogP contribution in [0.4, 0.5) is 0 Å². The third-order valence-corrected chi connectivity index (χ3v) is 24.7. The molecule has 8 saturated carbocycles. The SMILES string of the molecule is NC1C(=O)NC2C(=O)NC(C(=O)NC3C(=O)NC4C(=O)NC(C(=O)NC(C(=O)NC5C6CC7CC(C6)CC5C7)c5cc(O)c(CNC6C7CC8CC(C7)CC6C8)c(O)c5-c5c(O)cccc54)C(O)c4ccc(c(Cl)c4)Oc4cc3cc(c4O)Oc3ccc(cc3Cl)C2O)c2cc(O)cc(c2)Oc2cc1ccc2O. The van der Waals surface area contributed by atoms with Gasteiger partial charge < -0.3 is 103 Å². The lowest BCUT2D eigenvalue weighted by molar-refractivity contribution is -0.137. The van der Waals surface area contributed by atoms with Crippen molar-refractivity contribution >= 4 is 64.6 Å². The second kappa shape index (κ2) is 27.3. The number of phenols is 6. The van der Waals surface area contributed by atoms with Gasteiger partial charge in [0.2, 0.25) is 47.1 Å².